The molecule has 4 heterocycles. The van der Waals surface area contributed by atoms with Gasteiger partial charge in [0.15, 0.2) is 5.78 Å². The van der Waals surface area contributed by atoms with Crippen LogP contribution in [0, 0.1) is 29.1 Å². The minimum atomic E-state index is -3.99. The van der Waals surface area contributed by atoms with E-state index in [2.05, 4.69) is 16.6 Å². The largest absolute Gasteiger partial charge is 0.497 e. The number of nitrogens with zero attached hydrogens (tertiary/aromatic N) is 3. The van der Waals surface area contributed by atoms with E-state index in [0.717, 1.165) is 11.8 Å². The van der Waals surface area contributed by atoms with E-state index in [0.29, 0.717) is 66.8 Å². The number of hydrogen-bond acceptors (Lipinski definition) is 12. The van der Waals surface area contributed by atoms with Crippen LogP contribution in [-0.4, -0.2) is 89.1 Å². The summed E-state index contributed by atoms with van der Waals surface area (Å²) in [6.07, 6.45) is 8.49. The highest BCUT2D eigenvalue weighted by Gasteiger charge is 2.63. The number of ketones is 1. The maximum absolute atomic E-state index is 15.3. The number of Topliss-reactive ketones (excluding diaryl/α,β-unsaturated/α-hetero) is 1. The topological polar surface area (TPSA) is 180 Å². The van der Waals surface area contributed by atoms with Crippen LogP contribution in [0.4, 0.5) is 0 Å². The molecule has 0 spiro atoms. The fourth-order valence-corrected chi connectivity index (χ4v) is 10.8. The number of esters is 1. The molecule has 1 aromatic carbocycles. The second kappa shape index (κ2) is 18.7. The number of fused-ring (bicyclic) bond motifs is 3. The highest BCUT2D eigenvalue weighted by Crippen LogP contribution is 2.58. The normalized spacial score (nSPS) is 27.4. The summed E-state index contributed by atoms with van der Waals surface area (Å²) < 4.78 is 52.1. The van der Waals surface area contributed by atoms with Crippen molar-refractivity contribution in [2.45, 2.75) is 148 Å². The number of pyridine rings is 2. The number of sulfonamides is 1. The lowest BCUT2D eigenvalue weighted by atomic mass is 9.79. The van der Waals surface area contributed by atoms with Gasteiger partial charge in [-0.3, -0.25) is 28.9 Å². The van der Waals surface area contributed by atoms with Gasteiger partial charge in [0, 0.05) is 18.2 Å². The van der Waals surface area contributed by atoms with Crippen LogP contribution in [0.15, 0.2) is 54.7 Å². The van der Waals surface area contributed by atoms with Gasteiger partial charge in [0.25, 0.3) is 0 Å². The molecule has 65 heavy (non-hydrogen) atoms. The van der Waals surface area contributed by atoms with Crippen LogP contribution in [0.3, 0.4) is 0 Å². The van der Waals surface area contributed by atoms with Crippen molar-refractivity contribution in [1.29, 1.82) is 0 Å². The van der Waals surface area contributed by atoms with Crippen LogP contribution in [-0.2, 0) is 33.9 Å². The van der Waals surface area contributed by atoms with Crippen LogP contribution in [0.25, 0.3) is 22.2 Å². The molecule has 14 nitrogen and oxygen atoms in total. The SMILES string of the molecule is CC[C@@H]1C[C@H](C)CC/C=C\[C@@H]2C[C@@]2(C(=O)NS(=O)(=O)C2(C)CC2)CC(=O)[C@@H]2C[C@@H](Oc3nc(-c4ccc(OC(C)C)cn4)cc4cc(OC)ccc34)CN2C(=O)[C@H]1CC(=O)OC(C)(C)C. The van der Waals surface area contributed by atoms with Crippen molar-refractivity contribution in [2.75, 3.05) is 13.7 Å². The summed E-state index contributed by atoms with van der Waals surface area (Å²) in [5.74, 6) is -1.58. The van der Waals surface area contributed by atoms with E-state index in [-0.39, 0.29) is 67.2 Å². The Kier molecular flexibility index (Phi) is 13.8. The van der Waals surface area contributed by atoms with Crippen molar-refractivity contribution in [1.82, 2.24) is 19.6 Å². The molecular formula is C50H66N4O10S. The molecule has 352 valence electrons. The van der Waals surface area contributed by atoms with Crippen LogP contribution < -0.4 is 18.9 Å². The van der Waals surface area contributed by atoms with Gasteiger partial charge in [0.1, 0.15) is 23.2 Å². The summed E-state index contributed by atoms with van der Waals surface area (Å²) in [5, 5.41) is 1.44. The van der Waals surface area contributed by atoms with Crippen molar-refractivity contribution in [3.63, 3.8) is 0 Å². The minimum Gasteiger partial charge on any atom is -0.497 e. The fourth-order valence-electron chi connectivity index (χ4n) is 9.49. The number of amides is 2. The smallest absolute Gasteiger partial charge is 0.307 e. The van der Waals surface area contributed by atoms with E-state index in [1.807, 2.05) is 63.3 Å². The number of methoxy groups -OCH3 is 1. The van der Waals surface area contributed by atoms with Gasteiger partial charge in [-0.1, -0.05) is 32.4 Å². The molecule has 3 fully saturated rings. The molecule has 2 amide bonds. The first-order chi connectivity index (χ1) is 30.6. The average molecular weight is 915 g/mol. The van der Waals surface area contributed by atoms with Crippen LogP contribution in [0.2, 0.25) is 0 Å². The van der Waals surface area contributed by atoms with E-state index in [1.54, 1.807) is 52.0 Å². The predicted molar refractivity (Wildman–Crippen MR) is 247 cm³/mol. The number of hydrogen-bond donors (Lipinski definition) is 1. The van der Waals surface area contributed by atoms with E-state index >= 15 is 4.79 Å². The number of aromatic nitrogens is 2. The summed E-state index contributed by atoms with van der Waals surface area (Å²) in [7, 11) is -2.40. The highest BCUT2D eigenvalue weighted by atomic mass is 32.2. The fraction of sp³-hybridized carbons (Fsp3) is 0.600. The minimum absolute atomic E-state index is 0.00432. The summed E-state index contributed by atoms with van der Waals surface area (Å²) >= 11 is 0. The third-order valence-electron chi connectivity index (χ3n) is 13.6. The first kappa shape index (κ1) is 47.9. The molecule has 0 radical (unpaired) electrons. The molecule has 15 heteroatoms. The number of carbonyl (C=O) groups is 4. The monoisotopic (exact) mass is 914 g/mol. The first-order valence-corrected chi connectivity index (χ1v) is 24.7. The van der Waals surface area contributed by atoms with Gasteiger partial charge in [-0.2, -0.15) is 0 Å². The van der Waals surface area contributed by atoms with Gasteiger partial charge >= 0.3 is 5.97 Å². The Morgan fingerprint density at radius 3 is 2.42 bits per heavy atom. The van der Waals surface area contributed by atoms with Crippen LogP contribution in [0.5, 0.6) is 17.4 Å². The lowest BCUT2D eigenvalue weighted by Gasteiger charge is -2.33. The molecule has 1 N–H and O–H groups in total. The molecule has 2 aliphatic carbocycles. The van der Waals surface area contributed by atoms with Gasteiger partial charge in [-0.05, 0) is 140 Å². The van der Waals surface area contributed by atoms with Gasteiger partial charge < -0.3 is 23.8 Å². The second-order valence-electron chi connectivity index (χ2n) is 20.3. The second-order valence-corrected chi connectivity index (χ2v) is 22.5. The van der Waals surface area contributed by atoms with Crippen molar-refractivity contribution < 1.29 is 46.5 Å². The van der Waals surface area contributed by atoms with Gasteiger partial charge in [0.2, 0.25) is 27.7 Å². The number of nitrogens with one attached hydrogen (secondary N) is 1. The molecule has 2 aromatic heterocycles. The zero-order valence-electron chi connectivity index (χ0n) is 39.3. The standard InChI is InChI=1S/C50H66N4O10S/c1-10-32-21-31(4)13-11-12-14-34-26-50(34,47(58)53-65(59,60)49(8)19-20-49)27-43(55)42-24-37(29-54(42)46(57)39(32)25-44(56)64-48(5,6)7)63-45-38-17-15-35(61-9)22-33(38)23-41(52-45)40-18-16-36(28-51-40)62-30(2)3/h12,14-18,22-23,28,30-32,34,37,39,42H,10-11,13,19-21,24-27,29H2,1-9H3,(H,53,58)/b14-12-/t31-,32-,34-,37-,39+,42+,50-/m1/s1. The Morgan fingerprint density at radius 2 is 1.77 bits per heavy atom. The van der Waals surface area contributed by atoms with Crippen molar-refractivity contribution >= 4 is 44.4 Å². The lowest BCUT2D eigenvalue weighted by Crippen LogP contribution is -2.48. The van der Waals surface area contributed by atoms with Crippen LogP contribution in [0.1, 0.15) is 120 Å². The molecule has 1 saturated heterocycles. The van der Waals surface area contributed by atoms with Crippen molar-refractivity contribution in [2.24, 2.45) is 29.1 Å². The number of allylic oxidation sites excluding steroid dienone is 2. The summed E-state index contributed by atoms with van der Waals surface area (Å²) in [6.45, 7) is 15.0. The van der Waals surface area contributed by atoms with E-state index in [1.165, 1.54) is 0 Å². The molecule has 2 saturated carbocycles. The first-order valence-electron chi connectivity index (χ1n) is 23.2. The molecular weight excluding hydrogens is 849 g/mol. The molecule has 3 aromatic rings. The summed E-state index contributed by atoms with van der Waals surface area (Å²) in [4.78, 5) is 69.3. The van der Waals surface area contributed by atoms with E-state index < -0.39 is 55.7 Å². The molecule has 2 aliphatic heterocycles. The number of ether oxygens (including phenoxy) is 4. The van der Waals surface area contributed by atoms with Crippen molar-refractivity contribution in [3.05, 3.63) is 54.7 Å². The number of carbonyl (C=O) groups excluding carboxylic acids is 4. The average Bonchev–Trinajstić information content (AvgIpc) is 4.12. The Labute approximate surface area is 383 Å². The zero-order valence-corrected chi connectivity index (χ0v) is 40.2. The molecule has 0 bridgehead atoms. The Bertz CT molecular complexity index is 2430. The summed E-state index contributed by atoms with van der Waals surface area (Å²) in [5.41, 5.74) is -0.995. The zero-order chi connectivity index (χ0) is 47.1. The van der Waals surface area contributed by atoms with Crippen LogP contribution >= 0.6 is 0 Å². The quantitative estimate of drug-likeness (QED) is 0.136. The van der Waals surface area contributed by atoms with Gasteiger partial charge in [-0.15, -0.1) is 0 Å². The molecule has 0 unspecified atom stereocenters. The Hall–Kier alpha value is -5.05. The number of rotatable bonds is 12. The third-order valence-corrected chi connectivity index (χ3v) is 15.8. The van der Waals surface area contributed by atoms with E-state index in [4.69, 9.17) is 23.9 Å². The molecule has 4 aliphatic rings. The molecule has 7 atom stereocenters. The Balaban J connectivity index is 1.27. The highest BCUT2D eigenvalue weighted by molar-refractivity contribution is 7.91. The maximum atomic E-state index is 15.3. The Morgan fingerprint density at radius 1 is 1.03 bits per heavy atom. The number of benzene rings is 1. The van der Waals surface area contributed by atoms with Crippen molar-refractivity contribution in [3.8, 4) is 28.8 Å². The lowest BCUT2D eigenvalue weighted by molar-refractivity contribution is -0.160. The van der Waals surface area contributed by atoms with E-state index in [9.17, 15) is 22.8 Å². The van der Waals surface area contributed by atoms with Gasteiger partial charge in [0.05, 0.1) is 65.9 Å². The molecule has 7 rings (SSSR count). The maximum Gasteiger partial charge on any atom is 0.307 e. The summed E-state index contributed by atoms with van der Waals surface area (Å²) in [6, 6.07) is 10.0. The predicted octanol–water partition coefficient (Wildman–Crippen LogP) is 8.16. The van der Waals surface area contributed by atoms with Gasteiger partial charge in [-0.25, -0.2) is 13.4 Å². The third kappa shape index (κ3) is 10.8.